The van der Waals surface area contributed by atoms with Gasteiger partial charge in [-0.05, 0) is 338 Å². The summed E-state index contributed by atoms with van der Waals surface area (Å²) < 4.78 is 0. The zero-order valence-electron chi connectivity index (χ0n) is 59.2. The Hall–Kier alpha value is -1.22. The molecule has 13 aliphatic carbocycles. The summed E-state index contributed by atoms with van der Waals surface area (Å²) in [6, 6.07) is 0. The molecule has 4 nitrogen and oxygen atoms in total. The van der Waals surface area contributed by atoms with Crippen molar-refractivity contribution in [3.8, 4) is 11.8 Å². The first-order valence-electron chi connectivity index (χ1n) is 36.9. The van der Waals surface area contributed by atoms with Crippen LogP contribution in [0.25, 0.3) is 0 Å². The Balaban J connectivity index is 0.000000190. The van der Waals surface area contributed by atoms with E-state index in [0.29, 0.717) is 67.5 Å². The second-order valence-electron chi connectivity index (χ2n) is 33.7. The van der Waals surface area contributed by atoms with E-state index < -0.39 is 0 Å². The summed E-state index contributed by atoms with van der Waals surface area (Å²) in [4.78, 5) is 47.8. The number of carbonyl (C=O) groups excluding carboxylic acids is 4. The van der Waals surface area contributed by atoms with Crippen LogP contribution in [0.15, 0.2) is 68.9 Å². The molecule has 0 aromatic rings. The zero-order valence-corrected chi connectivity index (χ0v) is 67.5. The molecule has 0 radical (unpaired) electrons. The number of hydrogen-bond acceptors (Lipinski definition) is 4. The van der Waals surface area contributed by atoms with Gasteiger partial charge in [-0.3, -0.25) is 19.2 Å². The second kappa shape index (κ2) is 31.1. The van der Waals surface area contributed by atoms with E-state index in [1.54, 1.807) is 11.1 Å². The van der Waals surface area contributed by atoms with Gasteiger partial charge in [0.1, 0.15) is 11.6 Å². The van der Waals surface area contributed by atoms with Crippen LogP contribution in [0.3, 0.4) is 0 Å². The molecular weight excluding hydrogens is 1550 g/mol. The van der Waals surface area contributed by atoms with Crippen LogP contribution < -0.4 is 0 Å². The van der Waals surface area contributed by atoms with Crippen LogP contribution in [0, 0.1) is 178 Å². The minimum atomic E-state index is 0. The summed E-state index contributed by atoms with van der Waals surface area (Å²) in [7, 11) is 0. The molecule has 0 amide bonds. The van der Waals surface area contributed by atoms with E-state index in [2.05, 4.69) is 106 Å². The molecule has 0 spiro atoms. The maximum Gasteiger partial charge on any atom is 0.159 e. The van der Waals surface area contributed by atoms with E-state index in [-0.39, 0.29) is 71.1 Å². The van der Waals surface area contributed by atoms with Crippen molar-refractivity contribution in [2.45, 2.75) is 316 Å². The number of fused-ring (bicyclic) bond motifs is 15. The van der Waals surface area contributed by atoms with Crippen molar-refractivity contribution in [2.24, 2.45) is 104 Å². The Labute approximate surface area is 601 Å². The van der Waals surface area contributed by atoms with Crippen LogP contribution >= 0.6 is 0 Å². The van der Waals surface area contributed by atoms with Crippen LogP contribution in [0.4, 0.5) is 0 Å². The van der Waals surface area contributed by atoms with Crippen LogP contribution in [0.5, 0.6) is 0 Å². The molecule has 498 valence electrons. The van der Waals surface area contributed by atoms with Gasteiger partial charge in [-0.15, -0.1) is 11.8 Å². The van der Waals surface area contributed by atoms with Crippen molar-refractivity contribution in [2.75, 3.05) is 0 Å². The Kier molecular flexibility index (Phi) is 26.3. The fourth-order valence-corrected chi connectivity index (χ4v) is 25.1. The smallest absolute Gasteiger partial charge is 0.159 e. The summed E-state index contributed by atoms with van der Waals surface area (Å²) in [6.45, 7) is 32.2. The Morgan fingerprint density at radius 2 is 1.01 bits per heavy atom. The van der Waals surface area contributed by atoms with Crippen molar-refractivity contribution in [3.63, 3.8) is 0 Å². The first-order chi connectivity index (χ1) is 41.4. The summed E-state index contributed by atoms with van der Waals surface area (Å²) in [5.74, 6) is 17.3. The van der Waals surface area contributed by atoms with Gasteiger partial charge in [0.05, 0.1) is 0 Å². The Bertz CT molecular complexity index is 2790. The largest absolute Gasteiger partial charge is 0.300 e. The van der Waals surface area contributed by atoms with Crippen molar-refractivity contribution >= 4 is 23.1 Å². The molecule has 0 heterocycles. The predicted molar refractivity (Wildman–Crippen MR) is 371 cm³/mol. The van der Waals surface area contributed by atoms with Gasteiger partial charge < -0.3 is 0 Å². The number of hydrogen-bond donors (Lipinski definition) is 0. The summed E-state index contributed by atoms with van der Waals surface area (Å²) in [6.07, 6.45) is 49.6. The van der Waals surface area contributed by atoms with Crippen molar-refractivity contribution in [1.82, 2.24) is 0 Å². The molecule has 90 heavy (non-hydrogen) atoms. The molecule has 0 aromatic heterocycles. The van der Waals surface area contributed by atoms with Crippen molar-refractivity contribution in [3.05, 3.63) is 68.9 Å². The van der Waals surface area contributed by atoms with E-state index in [9.17, 15) is 19.2 Å². The maximum atomic E-state index is 12.1. The standard InChI is InChI=1S/3C21H32O.C20H28O.CH4.2U.H2/c2*1-13-9-11-20(3)16(13)6-5-15-18-8-7-17(14(2)22)21(18,4)12-10-19(15)20;1-4-14-6-8-18-17-7-5-15-13-16(22)9-11-21(15,3)19(17)10-12-20(14,18)2;1-4-5-6-9-12-17(2)13-10-7-8-11-14-19-18(3)15-16-20(19)21;;;;/h2*15,17-19H,5-12H2,1-4H3;13-14,17-19H,4-12H2,1-3H3;7-8,12H,6,9-11,13-16H2,1-3H3;1H4;;;1H/b;;;8-7+,17-12+;;;;/t2*15-,17+,18-,19-,20-,21+;14-,17-,18-,19-,20+,21-;;;;;/m111...../s1/i;;;;;;;1+2. The molecule has 0 N–H and O–H groups in total. The second-order valence-corrected chi connectivity index (χ2v) is 33.7. The minimum Gasteiger partial charge on any atom is -0.300 e. The summed E-state index contributed by atoms with van der Waals surface area (Å²) in [5, 5.41) is 0. The molecule has 9 saturated carbocycles. The van der Waals surface area contributed by atoms with Gasteiger partial charge in [0.2, 0.25) is 0 Å². The van der Waals surface area contributed by atoms with Crippen LogP contribution in [-0.2, 0) is 19.2 Å². The van der Waals surface area contributed by atoms with Gasteiger partial charge in [-0.2, -0.15) is 0 Å². The molecule has 13 aliphatic rings. The Morgan fingerprint density at radius 1 is 0.533 bits per heavy atom. The fourth-order valence-electron chi connectivity index (χ4n) is 25.1. The molecule has 0 aliphatic heterocycles. The fraction of sp³-hybridized carbons (Fsp3) is 0.786. The van der Waals surface area contributed by atoms with Gasteiger partial charge in [-0.1, -0.05) is 120 Å². The average Bonchev–Trinajstić information content (AvgIpc) is 1.68. The molecule has 6 heteroatoms. The molecule has 0 aromatic carbocycles. The van der Waals surface area contributed by atoms with E-state index in [1.165, 1.54) is 152 Å². The summed E-state index contributed by atoms with van der Waals surface area (Å²) in [5.41, 5.74) is 15.1. The van der Waals surface area contributed by atoms with Gasteiger partial charge >= 0.3 is 0 Å². The van der Waals surface area contributed by atoms with Crippen molar-refractivity contribution in [1.29, 1.82) is 0 Å². The average molecular weight is 1680 g/mol. The topological polar surface area (TPSA) is 68.3 Å². The number of Topliss-reactive ketones (excluding diaryl/α,β-unsaturated/α-hetero) is 3. The van der Waals surface area contributed by atoms with E-state index in [0.717, 1.165) is 142 Å². The third-order valence-electron chi connectivity index (χ3n) is 30.0. The third-order valence-corrected chi connectivity index (χ3v) is 30.0. The van der Waals surface area contributed by atoms with Gasteiger partial charge in [-0.25, -0.2) is 0 Å². The molecule has 9 fully saturated rings. The number of carbonyl (C=O) groups is 4. The molecule has 0 unspecified atom stereocenters. The van der Waals surface area contributed by atoms with Gasteiger partial charge in [0, 0.05) is 94.8 Å². The number of rotatable bonds is 11. The van der Waals surface area contributed by atoms with Crippen LogP contribution in [0.2, 0.25) is 0 Å². The van der Waals surface area contributed by atoms with E-state index in [4.69, 9.17) is 0 Å². The van der Waals surface area contributed by atoms with Gasteiger partial charge in [0.15, 0.2) is 11.6 Å². The molecule has 0 saturated heterocycles. The zero-order chi connectivity index (χ0) is 62.4. The normalized spacial score (nSPS) is 40.8. The van der Waals surface area contributed by atoms with E-state index in [1.807, 2.05) is 38.0 Å². The monoisotopic (exact) mass is 1680 g/mol. The number of allylic oxidation sites excluding steroid dienone is 11. The number of unbranched alkanes of at least 4 members (excludes halogenated alkanes) is 1. The SMILES string of the molecule is C.CC#CCC/C=C(\C)CC/C=C/CCC1=C(C)CCC1=O.CC(=O)[C@@H]1CC[C@@H]2[C@H]3CCC4=C(C)CC[C@@]4(C)[C@@H]3CC[C@]21C.CC(=O)[C@@H]1CC[C@@H]2[C@H]3CCC4=C(C)CC[C@@]4(C)[C@@H]3CC[C@]21C.CC[C@@H]1CC[C@@H]2[C@H]3CCC4=CC(=O)CC[C@@]4(C)[C@@H]3CC[C@@]12C.[3HH].[U].[U]. The number of ketones is 4. The molecule has 13 rings (SSSR count). The van der Waals surface area contributed by atoms with Crippen LogP contribution in [-0.4, -0.2) is 23.1 Å². The van der Waals surface area contributed by atoms with Crippen LogP contribution in [0.1, 0.15) is 318 Å². The molecule has 18 atom stereocenters. The minimum absolute atomic E-state index is 0. The van der Waals surface area contributed by atoms with E-state index >= 15 is 0 Å². The predicted octanol–water partition coefficient (Wildman–Crippen LogP) is 23.0. The third kappa shape index (κ3) is 14.4. The first kappa shape index (κ1) is 76.2. The Morgan fingerprint density at radius 3 is 1.51 bits per heavy atom. The maximum absolute atomic E-state index is 12.1. The van der Waals surface area contributed by atoms with Crippen molar-refractivity contribution < 1.29 is 82.8 Å². The summed E-state index contributed by atoms with van der Waals surface area (Å²) >= 11 is 0. The van der Waals surface area contributed by atoms with Gasteiger partial charge in [0.25, 0.3) is 0 Å². The first-order valence-corrected chi connectivity index (χ1v) is 36.9. The molecule has 0 bridgehead atoms. The quantitative estimate of drug-likeness (QED) is 0.117. The molecular formula is C84H130O4U2.